The summed E-state index contributed by atoms with van der Waals surface area (Å²) in [5.41, 5.74) is 3.65. The number of hydrogen-bond donors (Lipinski definition) is 1. The van der Waals surface area contributed by atoms with Gasteiger partial charge in [0.05, 0.1) is 11.3 Å². The fourth-order valence-electron chi connectivity index (χ4n) is 1.83. The van der Waals surface area contributed by atoms with Crippen LogP contribution in [-0.4, -0.2) is 23.2 Å². The molecule has 19 heavy (non-hydrogen) atoms. The van der Waals surface area contributed by atoms with Crippen LogP contribution in [0.2, 0.25) is 0 Å². The molecule has 5 heteroatoms. The molecular formula is C14H22N2O3. The molecule has 5 nitrogen and oxygen atoms in total. The van der Waals surface area contributed by atoms with E-state index in [1.807, 2.05) is 27.7 Å². The average molecular weight is 266 g/mol. The van der Waals surface area contributed by atoms with Gasteiger partial charge in [-0.2, -0.15) is 5.10 Å². The second-order valence-corrected chi connectivity index (χ2v) is 5.24. The van der Waals surface area contributed by atoms with E-state index < -0.39 is 5.60 Å². The molecule has 0 radical (unpaired) electrons. The zero-order valence-electron chi connectivity index (χ0n) is 12.3. The fraction of sp³-hybridized carbons (Fsp3) is 0.643. The molecule has 0 spiro atoms. The molecule has 1 aliphatic rings. The SMILES string of the molecule is CCCCC(=O)NN=C(C)C1=C(C)C(C)(C)OC1=O. The Morgan fingerprint density at radius 2 is 2.05 bits per heavy atom. The Morgan fingerprint density at radius 3 is 2.53 bits per heavy atom. The molecule has 0 aromatic heterocycles. The predicted octanol–water partition coefficient (Wildman–Crippen LogP) is 2.32. The maximum atomic E-state index is 11.8. The van der Waals surface area contributed by atoms with E-state index in [0.717, 1.165) is 18.4 Å². The Hall–Kier alpha value is -1.65. The number of hydrogen-bond acceptors (Lipinski definition) is 4. The van der Waals surface area contributed by atoms with Gasteiger partial charge in [0.25, 0.3) is 0 Å². The third kappa shape index (κ3) is 3.66. The number of rotatable bonds is 5. The minimum Gasteiger partial charge on any atom is -0.451 e. The molecular weight excluding hydrogens is 244 g/mol. The Bertz CT molecular complexity index is 448. The van der Waals surface area contributed by atoms with Crippen molar-refractivity contribution in [2.24, 2.45) is 5.10 Å². The quantitative estimate of drug-likeness (QED) is 0.471. The maximum absolute atomic E-state index is 11.8. The molecule has 0 saturated heterocycles. The van der Waals surface area contributed by atoms with Gasteiger partial charge in [0.15, 0.2) is 0 Å². The van der Waals surface area contributed by atoms with Crippen LogP contribution in [0.4, 0.5) is 0 Å². The highest BCUT2D eigenvalue weighted by Crippen LogP contribution is 2.32. The Morgan fingerprint density at radius 1 is 1.42 bits per heavy atom. The van der Waals surface area contributed by atoms with Crippen molar-refractivity contribution in [1.82, 2.24) is 5.43 Å². The number of esters is 1. The van der Waals surface area contributed by atoms with Gasteiger partial charge in [-0.3, -0.25) is 4.79 Å². The van der Waals surface area contributed by atoms with Crippen molar-refractivity contribution >= 4 is 17.6 Å². The smallest absolute Gasteiger partial charge is 0.341 e. The van der Waals surface area contributed by atoms with Crippen molar-refractivity contribution in [3.63, 3.8) is 0 Å². The van der Waals surface area contributed by atoms with E-state index >= 15 is 0 Å². The molecule has 0 atom stereocenters. The van der Waals surface area contributed by atoms with Gasteiger partial charge in [-0.15, -0.1) is 0 Å². The number of nitrogens with zero attached hydrogens (tertiary/aromatic N) is 1. The largest absolute Gasteiger partial charge is 0.451 e. The van der Waals surface area contributed by atoms with Crippen molar-refractivity contribution in [3.8, 4) is 0 Å². The first kappa shape index (κ1) is 15.4. The molecule has 1 heterocycles. The third-order valence-electron chi connectivity index (χ3n) is 3.30. The summed E-state index contributed by atoms with van der Waals surface area (Å²) in [6.07, 6.45) is 2.24. The van der Waals surface area contributed by atoms with Gasteiger partial charge in [-0.05, 0) is 39.7 Å². The van der Waals surface area contributed by atoms with Crippen LogP contribution in [0.15, 0.2) is 16.2 Å². The number of amides is 1. The van der Waals surface area contributed by atoms with Gasteiger partial charge in [0.1, 0.15) is 5.60 Å². The number of ether oxygens (including phenoxy) is 1. The van der Waals surface area contributed by atoms with Crippen molar-refractivity contribution in [2.45, 2.75) is 59.5 Å². The summed E-state index contributed by atoms with van der Waals surface area (Å²) < 4.78 is 5.26. The van der Waals surface area contributed by atoms with Crippen LogP contribution in [0, 0.1) is 0 Å². The Balaban J connectivity index is 2.77. The van der Waals surface area contributed by atoms with E-state index in [2.05, 4.69) is 10.5 Å². The first-order valence-electron chi connectivity index (χ1n) is 6.57. The minimum atomic E-state index is -0.602. The number of carbonyl (C=O) groups excluding carboxylic acids is 2. The molecule has 0 aromatic rings. The van der Waals surface area contributed by atoms with E-state index in [1.54, 1.807) is 6.92 Å². The Labute approximate surface area is 114 Å². The minimum absolute atomic E-state index is 0.134. The maximum Gasteiger partial charge on any atom is 0.341 e. The second kappa shape index (κ2) is 5.99. The van der Waals surface area contributed by atoms with Gasteiger partial charge in [-0.25, -0.2) is 10.2 Å². The van der Waals surface area contributed by atoms with Crippen LogP contribution >= 0.6 is 0 Å². The van der Waals surface area contributed by atoms with Gasteiger partial charge in [-0.1, -0.05) is 13.3 Å². The van der Waals surface area contributed by atoms with Crippen LogP contribution in [-0.2, 0) is 14.3 Å². The second-order valence-electron chi connectivity index (χ2n) is 5.24. The molecule has 0 unspecified atom stereocenters. The van der Waals surface area contributed by atoms with Gasteiger partial charge < -0.3 is 4.74 Å². The molecule has 1 N–H and O–H groups in total. The number of unbranched alkanes of at least 4 members (excludes halogenated alkanes) is 1. The highest BCUT2D eigenvalue weighted by Gasteiger charge is 2.38. The van der Waals surface area contributed by atoms with Crippen molar-refractivity contribution in [1.29, 1.82) is 0 Å². The molecule has 0 aliphatic carbocycles. The molecule has 0 bridgehead atoms. The van der Waals surface area contributed by atoms with E-state index in [1.165, 1.54) is 0 Å². The van der Waals surface area contributed by atoms with Crippen LogP contribution in [0.25, 0.3) is 0 Å². The van der Waals surface area contributed by atoms with E-state index in [9.17, 15) is 9.59 Å². The zero-order valence-corrected chi connectivity index (χ0v) is 12.3. The van der Waals surface area contributed by atoms with Crippen LogP contribution in [0.1, 0.15) is 53.9 Å². The number of cyclic esters (lactones) is 1. The molecule has 1 rings (SSSR count). The number of nitrogens with one attached hydrogen (secondary N) is 1. The summed E-state index contributed by atoms with van der Waals surface area (Å²) in [6, 6.07) is 0. The predicted molar refractivity (Wildman–Crippen MR) is 73.6 cm³/mol. The lowest BCUT2D eigenvalue weighted by Crippen LogP contribution is -2.21. The number of carbonyl (C=O) groups is 2. The molecule has 0 aromatic carbocycles. The first-order valence-corrected chi connectivity index (χ1v) is 6.57. The molecule has 0 saturated carbocycles. The topological polar surface area (TPSA) is 67.8 Å². The average Bonchev–Trinajstić information content (AvgIpc) is 2.53. The van der Waals surface area contributed by atoms with E-state index in [4.69, 9.17) is 4.74 Å². The summed E-state index contributed by atoms with van der Waals surface area (Å²) in [7, 11) is 0. The molecule has 0 fully saturated rings. The highest BCUT2D eigenvalue weighted by atomic mass is 16.6. The van der Waals surface area contributed by atoms with Gasteiger partial charge in [0.2, 0.25) is 5.91 Å². The first-order chi connectivity index (χ1) is 8.79. The number of hydrazone groups is 1. The van der Waals surface area contributed by atoms with Crippen molar-refractivity contribution in [3.05, 3.63) is 11.1 Å². The lowest BCUT2D eigenvalue weighted by atomic mass is 9.96. The lowest BCUT2D eigenvalue weighted by Gasteiger charge is -2.18. The van der Waals surface area contributed by atoms with E-state index in [-0.39, 0.29) is 11.9 Å². The van der Waals surface area contributed by atoms with Gasteiger partial charge >= 0.3 is 5.97 Å². The van der Waals surface area contributed by atoms with E-state index in [0.29, 0.717) is 17.7 Å². The highest BCUT2D eigenvalue weighted by molar-refractivity contribution is 6.21. The Kier molecular flexibility index (Phi) is 4.86. The lowest BCUT2D eigenvalue weighted by molar-refractivity contribution is -0.144. The summed E-state index contributed by atoms with van der Waals surface area (Å²) in [4.78, 5) is 23.2. The summed E-state index contributed by atoms with van der Waals surface area (Å²) in [6.45, 7) is 9.23. The van der Waals surface area contributed by atoms with Crippen molar-refractivity contribution in [2.75, 3.05) is 0 Å². The summed E-state index contributed by atoms with van der Waals surface area (Å²) >= 11 is 0. The monoisotopic (exact) mass is 266 g/mol. The molecule has 1 amide bonds. The normalized spacial score (nSPS) is 18.6. The third-order valence-corrected chi connectivity index (χ3v) is 3.30. The van der Waals surface area contributed by atoms with Crippen LogP contribution < -0.4 is 5.43 Å². The molecule has 106 valence electrons. The standard InChI is InChI=1S/C14H22N2O3/c1-6-7-8-11(17)16-15-10(3)12-9(2)14(4,5)19-13(12)18/h6-8H2,1-5H3,(H,16,17). The zero-order chi connectivity index (χ0) is 14.6. The van der Waals surface area contributed by atoms with Crippen LogP contribution in [0.3, 0.4) is 0 Å². The summed E-state index contributed by atoms with van der Waals surface area (Å²) in [5.74, 6) is -0.517. The fourth-order valence-corrected chi connectivity index (χ4v) is 1.83. The van der Waals surface area contributed by atoms with Crippen molar-refractivity contribution < 1.29 is 14.3 Å². The summed E-state index contributed by atoms with van der Waals surface area (Å²) in [5, 5.41) is 3.98. The van der Waals surface area contributed by atoms with Gasteiger partial charge in [0, 0.05) is 6.42 Å². The molecule has 1 aliphatic heterocycles. The van der Waals surface area contributed by atoms with Crippen LogP contribution in [0.5, 0.6) is 0 Å².